The van der Waals surface area contributed by atoms with Crippen molar-refractivity contribution in [3.63, 3.8) is 0 Å². The topological polar surface area (TPSA) is 73.9 Å². The lowest BCUT2D eigenvalue weighted by molar-refractivity contribution is -0.132. The van der Waals surface area contributed by atoms with Crippen molar-refractivity contribution < 1.29 is 23.8 Å². The van der Waals surface area contributed by atoms with E-state index in [0.717, 1.165) is 0 Å². The maximum atomic E-state index is 12.0. The minimum absolute atomic E-state index is 0.333. The highest BCUT2D eigenvalue weighted by Crippen LogP contribution is 2.38. The van der Waals surface area contributed by atoms with E-state index in [-0.39, 0.29) is 0 Å². The van der Waals surface area contributed by atoms with Crippen molar-refractivity contribution in [3.8, 4) is 11.5 Å². The molecule has 2 amide bonds. The molecule has 19 heavy (non-hydrogen) atoms. The van der Waals surface area contributed by atoms with Gasteiger partial charge in [-0.2, -0.15) is 0 Å². The summed E-state index contributed by atoms with van der Waals surface area (Å²) < 4.78 is 15.5. The van der Waals surface area contributed by atoms with Gasteiger partial charge in [0.15, 0.2) is 11.5 Å². The zero-order valence-corrected chi connectivity index (χ0v) is 11.0. The Bertz CT molecular complexity index is 528. The number of alkyl carbamates (subject to hydrolysis) is 1. The first kappa shape index (κ1) is 13.2. The Morgan fingerprint density at radius 1 is 1.21 bits per heavy atom. The molecule has 0 bridgehead atoms. The van der Waals surface area contributed by atoms with Crippen LogP contribution in [0.4, 0.5) is 4.79 Å². The smallest absolute Gasteiger partial charge is 0.415 e. The predicted molar refractivity (Wildman–Crippen MR) is 66.1 cm³/mol. The Balaban J connectivity index is 2.50. The average Bonchev–Trinajstić information content (AvgIpc) is 2.73. The number of nitrogens with one attached hydrogen (secondary N) is 1. The minimum Gasteiger partial charge on any atom is -0.493 e. The number of hydrogen-bond donors (Lipinski definition) is 1. The van der Waals surface area contributed by atoms with E-state index in [2.05, 4.69) is 5.32 Å². The van der Waals surface area contributed by atoms with Crippen molar-refractivity contribution in [2.45, 2.75) is 18.9 Å². The first-order chi connectivity index (χ1) is 9.07. The molecule has 1 heterocycles. The molecular formula is C13H15NO5. The van der Waals surface area contributed by atoms with Gasteiger partial charge in [0, 0.05) is 5.56 Å². The Kier molecular flexibility index (Phi) is 3.33. The first-order valence-electron chi connectivity index (χ1n) is 5.84. The standard InChI is InChI=1S/C13H15NO5/c1-4-13(11(15)14-12(16)19-13)8-5-6-9(17-2)10(7-8)18-3/h5-7H,4H2,1-3H3,(H,14,15,16). The fourth-order valence-electron chi connectivity index (χ4n) is 2.14. The van der Waals surface area contributed by atoms with Gasteiger partial charge in [0.2, 0.25) is 5.60 Å². The normalized spacial score (nSPS) is 21.8. The fraction of sp³-hybridized carbons (Fsp3) is 0.385. The van der Waals surface area contributed by atoms with Crippen LogP contribution in [0, 0.1) is 0 Å². The third-order valence-electron chi connectivity index (χ3n) is 3.20. The molecule has 0 spiro atoms. The van der Waals surface area contributed by atoms with Gasteiger partial charge in [-0.1, -0.05) is 13.0 Å². The Hall–Kier alpha value is -2.24. The van der Waals surface area contributed by atoms with Crippen molar-refractivity contribution in [2.24, 2.45) is 0 Å². The highest BCUT2D eigenvalue weighted by Gasteiger charge is 2.49. The summed E-state index contributed by atoms with van der Waals surface area (Å²) >= 11 is 0. The van der Waals surface area contributed by atoms with Crippen LogP contribution in [-0.2, 0) is 15.1 Å². The van der Waals surface area contributed by atoms with Crippen LogP contribution in [0.2, 0.25) is 0 Å². The Morgan fingerprint density at radius 2 is 1.89 bits per heavy atom. The summed E-state index contributed by atoms with van der Waals surface area (Å²) in [5.41, 5.74) is -0.743. The van der Waals surface area contributed by atoms with Crippen molar-refractivity contribution >= 4 is 12.0 Å². The van der Waals surface area contributed by atoms with E-state index in [1.165, 1.54) is 14.2 Å². The number of ether oxygens (including phenoxy) is 3. The van der Waals surface area contributed by atoms with E-state index in [1.807, 2.05) is 0 Å². The lowest BCUT2D eigenvalue weighted by Crippen LogP contribution is -2.35. The van der Waals surface area contributed by atoms with Crippen LogP contribution in [0.15, 0.2) is 18.2 Å². The molecule has 2 rings (SSSR count). The molecule has 6 heteroatoms. The summed E-state index contributed by atoms with van der Waals surface area (Å²) in [5.74, 6) is 0.554. The van der Waals surface area contributed by atoms with Crippen molar-refractivity contribution in [1.29, 1.82) is 0 Å². The molecule has 1 aromatic rings. The lowest BCUT2D eigenvalue weighted by Gasteiger charge is -2.24. The molecule has 1 aliphatic rings. The van der Waals surface area contributed by atoms with Gasteiger partial charge in [-0.25, -0.2) is 4.79 Å². The summed E-state index contributed by atoms with van der Waals surface area (Å²) in [6.45, 7) is 1.77. The minimum atomic E-state index is -1.30. The molecule has 1 atom stereocenters. The van der Waals surface area contributed by atoms with Crippen LogP contribution in [0.5, 0.6) is 11.5 Å². The predicted octanol–water partition coefficient (Wildman–Crippen LogP) is 1.58. The number of benzene rings is 1. The second-order valence-corrected chi connectivity index (χ2v) is 4.09. The van der Waals surface area contributed by atoms with Gasteiger partial charge in [-0.15, -0.1) is 0 Å². The van der Waals surface area contributed by atoms with E-state index in [1.54, 1.807) is 25.1 Å². The number of rotatable bonds is 4. The fourth-order valence-corrected chi connectivity index (χ4v) is 2.14. The second-order valence-electron chi connectivity index (χ2n) is 4.09. The van der Waals surface area contributed by atoms with E-state index < -0.39 is 17.6 Å². The number of imide groups is 1. The van der Waals surface area contributed by atoms with Crippen molar-refractivity contribution in [3.05, 3.63) is 23.8 Å². The van der Waals surface area contributed by atoms with Crippen LogP contribution in [0.25, 0.3) is 0 Å². The molecule has 0 radical (unpaired) electrons. The number of carbonyl (C=O) groups is 2. The molecule has 0 aromatic heterocycles. The quantitative estimate of drug-likeness (QED) is 0.894. The molecule has 1 aliphatic heterocycles. The number of amides is 2. The maximum Gasteiger partial charge on any atom is 0.415 e. The van der Waals surface area contributed by atoms with Crippen LogP contribution < -0.4 is 14.8 Å². The molecule has 1 saturated heterocycles. The SMILES string of the molecule is CCC1(c2ccc(OC)c(OC)c2)OC(=O)NC1=O. The monoisotopic (exact) mass is 265 g/mol. The number of carbonyl (C=O) groups excluding carboxylic acids is 2. The number of hydrogen-bond acceptors (Lipinski definition) is 5. The van der Waals surface area contributed by atoms with Gasteiger partial charge in [-0.05, 0) is 18.6 Å². The first-order valence-corrected chi connectivity index (χ1v) is 5.84. The van der Waals surface area contributed by atoms with Gasteiger partial charge in [0.25, 0.3) is 5.91 Å². The summed E-state index contributed by atoms with van der Waals surface area (Å²) in [5, 5.41) is 2.15. The van der Waals surface area contributed by atoms with E-state index in [9.17, 15) is 9.59 Å². The molecule has 1 aromatic carbocycles. The number of cyclic esters (lactones) is 1. The van der Waals surface area contributed by atoms with Gasteiger partial charge < -0.3 is 14.2 Å². The molecule has 6 nitrogen and oxygen atoms in total. The summed E-state index contributed by atoms with van der Waals surface area (Å²) in [4.78, 5) is 23.2. The van der Waals surface area contributed by atoms with E-state index in [4.69, 9.17) is 14.2 Å². The summed E-state index contributed by atoms with van der Waals surface area (Å²) in [6, 6.07) is 4.99. The summed E-state index contributed by atoms with van der Waals surface area (Å²) in [6.07, 6.45) is -0.401. The van der Waals surface area contributed by atoms with Crippen LogP contribution in [-0.4, -0.2) is 26.2 Å². The highest BCUT2D eigenvalue weighted by molar-refractivity contribution is 6.03. The summed E-state index contributed by atoms with van der Waals surface area (Å²) in [7, 11) is 3.02. The molecule has 0 aliphatic carbocycles. The van der Waals surface area contributed by atoms with Gasteiger partial charge in [0.05, 0.1) is 14.2 Å². The lowest BCUT2D eigenvalue weighted by atomic mass is 9.90. The van der Waals surface area contributed by atoms with Gasteiger partial charge >= 0.3 is 6.09 Å². The second kappa shape index (κ2) is 4.79. The molecule has 102 valence electrons. The van der Waals surface area contributed by atoms with Crippen LogP contribution in [0.1, 0.15) is 18.9 Å². The molecule has 1 N–H and O–H groups in total. The third-order valence-corrected chi connectivity index (χ3v) is 3.20. The molecule has 0 saturated carbocycles. The van der Waals surface area contributed by atoms with Crippen molar-refractivity contribution in [2.75, 3.05) is 14.2 Å². The highest BCUT2D eigenvalue weighted by atomic mass is 16.6. The average molecular weight is 265 g/mol. The van der Waals surface area contributed by atoms with Gasteiger partial charge in [0.1, 0.15) is 0 Å². The Morgan fingerprint density at radius 3 is 2.37 bits per heavy atom. The van der Waals surface area contributed by atoms with E-state index >= 15 is 0 Å². The Labute approximate surface area is 110 Å². The molecular weight excluding hydrogens is 250 g/mol. The van der Waals surface area contributed by atoms with Crippen LogP contribution in [0.3, 0.4) is 0 Å². The largest absolute Gasteiger partial charge is 0.493 e. The van der Waals surface area contributed by atoms with Crippen LogP contribution >= 0.6 is 0 Å². The maximum absolute atomic E-state index is 12.0. The third kappa shape index (κ3) is 1.99. The molecule has 1 unspecified atom stereocenters. The van der Waals surface area contributed by atoms with Crippen molar-refractivity contribution in [1.82, 2.24) is 5.32 Å². The zero-order valence-electron chi connectivity index (χ0n) is 11.0. The van der Waals surface area contributed by atoms with E-state index in [0.29, 0.717) is 23.5 Å². The molecule has 1 fully saturated rings. The number of methoxy groups -OCH3 is 2. The van der Waals surface area contributed by atoms with Gasteiger partial charge in [-0.3, -0.25) is 10.1 Å². The zero-order chi connectivity index (χ0) is 14.0.